The topological polar surface area (TPSA) is 140 Å². The minimum absolute atomic E-state index is 0.0181. The molecule has 0 saturated carbocycles. The first-order valence-corrected chi connectivity index (χ1v) is 15.2. The number of hydrogen-bond donors (Lipinski definition) is 1. The Morgan fingerprint density at radius 1 is 1.02 bits per heavy atom. The van der Waals surface area contributed by atoms with Gasteiger partial charge < -0.3 is 34.0 Å². The number of hydrogen-bond acceptors (Lipinski definition) is 8. The fourth-order valence-corrected chi connectivity index (χ4v) is 5.82. The van der Waals surface area contributed by atoms with Crippen molar-refractivity contribution in [2.24, 2.45) is 11.8 Å². The summed E-state index contributed by atoms with van der Waals surface area (Å²) in [5.41, 5.74) is 1.25. The van der Waals surface area contributed by atoms with E-state index < -0.39 is 24.0 Å². The molecule has 0 spiro atoms. The number of rotatable bonds is 10. The van der Waals surface area contributed by atoms with Crippen molar-refractivity contribution in [3.05, 3.63) is 66.0 Å². The molecule has 2 atom stereocenters. The predicted octanol–water partition coefficient (Wildman–Crippen LogP) is 3.18. The van der Waals surface area contributed by atoms with Gasteiger partial charge in [0.2, 0.25) is 5.91 Å². The highest BCUT2D eigenvalue weighted by Gasteiger charge is 2.41. The molecule has 3 amide bonds. The summed E-state index contributed by atoms with van der Waals surface area (Å²) < 4.78 is 18.4. The summed E-state index contributed by atoms with van der Waals surface area (Å²) in [6, 6.07) is 15.9. The number of carbonyl (C=O) groups is 3. The first kappa shape index (κ1) is 31.8. The molecule has 0 bridgehead atoms. The lowest BCUT2D eigenvalue weighted by Crippen LogP contribution is -2.58. The second-order valence-corrected chi connectivity index (χ2v) is 11.7. The molecule has 0 aliphatic carbocycles. The largest absolute Gasteiger partial charge is 0.497 e. The van der Waals surface area contributed by atoms with Crippen LogP contribution in [-0.4, -0.2) is 112 Å². The minimum Gasteiger partial charge on any atom is -0.497 e. The number of nitrogens with zero attached hydrogens (tertiary/aromatic N) is 6. The van der Waals surface area contributed by atoms with Gasteiger partial charge in [-0.15, -0.1) is 5.10 Å². The summed E-state index contributed by atoms with van der Waals surface area (Å²) in [7, 11) is 1.57. The fourth-order valence-electron chi connectivity index (χ4n) is 5.82. The Labute approximate surface area is 262 Å². The predicted molar refractivity (Wildman–Crippen MR) is 163 cm³/mol. The monoisotopic (exact) mass is 620 g/mol. The van der Waals surface area contributed by atoms with Gasteiger partial charge in [0.15, 0.2) is 5.69 Å². The lowest BCUT2D eigenvalue weighted by atomic mass is 9.91. The third-order valence-corrected chi connectivity index (χ3v) is 8.02. The molecule has 2 fully saturated rings. The number of morpholine rings is 1. The van der Waals surface area contributed by atoms with Gasteiger partial charge in [-0.1, -0.05) is 43.3 Å². The van der Waals surface area contributed by atoms with Crippen molar-refractivity contribution in [2.45, 2.75) is 32.9 Å². The summed E-state index contributed by atoms with van der Waals surface area (Å²) >= 11 is 0. The summed E-state index contributed by atoms with van der Waals surface area (Å²) in [6.07, 6.45) is -0.792. The van der Waals surface area contributed by atoms with Gasteiger partial charge in [-0.05, 0) is 36.6 Å². The molecular formula is C32H40N6O7. The maximum Gasteiger partial charge on any atom is 0.407 e. The highest BCUT2D eigenvalue weighted by molar-refractivity contribution is 5.94. The van der Waals surface area contributed by atoms with Crippen LogP contribution in [0, 0.1) is 11.8 Å². The summed E-state index contributed by atoms with van der Waals surface area (Å²) in [5.74, 6) is 0.127. The third-order valence-electron chi connectivity index (χ3n) is 8.02. The lowest BCUT2D eigenvalue weighted by molar-refractivity contribution is -0.142. The molecule has 0 unspecified atom stereocenters. The zero-order valence-electron chi connectivity index (χ0n) is 25.9. The number of ether oxygens (including phenoxy) is 3. The van der Waals surface area contributed by atoms with Crippen molar-refractivity contribution in [1.29, 1.82) is 0 Å². The molecule has 0 radical (unpaired) electrons. The average molecular weight is 621 g/mol. The second-order valence-electron chi connectivity index (χ2n) is 11.7. The van der Waals surface area contributed by atoms with E-state index in [-0.39, 0.29) is 37.2 Å². The summed E-state index contributed by atoms with van der Waals surface area (Å²) in [4.78, 5) is 44.9. The van der Waals surface area contributed by atoms with E-state index in [1.807, 2.05) is 56.3 Å². The van der Waals surface area contributed by atoms with Gasteiger partial charge in [-0.3, -0.25) is 9.59 Å². The Kier molecular flexibility index (Phi) is 10.2. The van der Waals surface area contributed by atoms with E-state index in [9.17, 15) is 19.5 Å². The Morgan fingerprint density at radius 3 is 2.44 bits per heavy atom. The van der Waals surface area contributed by atoms with E-state index in [2.05, 4.69) is 10.3 Å². The fraction of sp³-hybridized carbons (Fsp3) is 0.469. The van der Waals surface area contributed by atoms with Gasteiger partial charge in [0.1, 0.15) is 23.8 Å². The Balaban J connectivity index is 1.47. The molecule has 240 valence electrons. The minimum atomic E-state index is -1.13. The van der Waals surface area contributed by atoms with E-state index in [1.54, 1.807) is 33.7 Å². The Morgan fingerprint density at radius 2 is 1.76 bits per heavy atom. The van der Waals surface area contributed by atoms with Crippen LogP contribution in [0.4, 0.5) is 4.79 Å². The summed E-state index contributed by atoms with van der Waals surface area (Å²) in [6.45, 7) is 6.27. The molecule has 2 aliphatic rings. The maximum atomic E-state index is 14.5. The van der Waals surface area contributed by atoms with Crippen LogP contribution in [0.1, 0.15) is 36.5 Å². The van der Waals surface area contributed by atoms with Crippen LogP contribution in [0.15, 0.2) is 54.6 Å². The van der Waals surface area contributed by atoms with E-state index in [0.717, 1.165) is 0 Å². The smallest absolute Gasteiger partial charge is 0.407 e. The number of para-hydroxylation sites is 1. The number of carbonyl (C=O) groups excluding carboxylic acids is 2. The number of aromatic nitrogens is 3. The normalized spacial score (nSPS) is 18.5. The number of benzene rings is 2. The van der Waals surface area contributed by atoms with Crippen LogP contribution in [0.2, 0.25) is 0 Å². The number of piperidine rings is 1. The molecule has 13 heteroatoms. The molecule has 1 N–H and O–H groups in total. The van der Waals surface area contributed by atoms with Gasteiger partial charge in [-0.25, -0.2) is 9.48 Å². The van der Waals surface area contributed by atoms with Crippen LogP contribution >= 0.6 is 0 Å². The van der Waals surface area contributed by atoms with Crippen LogP contribution < -0.4 is 9.47 Å². The Bertz CT molecular complexity index is 1470. The molecule has 3 aromatic rings. The van der Waals surface area contributed by atoms with Gasteiger partial charge >= 0.3 is 6.09 Å². The zero-order valence-corrected chi connectivity index (χ0v) is 25.9. The van der Waals surface area contributed by atoms with Crippen molar-refractivity contribution in [3.63, 3.8) is 0 Å². The van der Waals surface area contributed by atoms with Crippen molar-refractivity contribution in [2.75, 3.05) is 53.0 Å². The molecular weight excluding hydrogens is 580 g/mol. The van der Waals surface area contributed by atoms with Crippen molar-refractivity contribution < 1.29 is 33.7 Å². The maximum absolute atomic E-state index is 14.5. The molecule has 45 heavy (non-hydrogen) atoms. The van der Waals surface area contributed by atoms with Gasteiger partial charge in [-0.2, -0.15) is 0 Å². The number of amides is 3. The average Bonchev–Trinajstić information content (AvgIpc) is 3.50. The highest BCUT2D eigenvalue weighted by Crippen LogP contribution is 2.27. The van der Waals surface area contributed by atoms with Crippen LogP contribution in [0.25, 0.3) is 5.69 Å². The van der Waals surface area contributed by atoms with E-state index in [0.29, 0.717) is 62.1 Å². The van der Waals surface area contributed by atoms with E-state index >= 15 is 0 Å². The quantitative estimate of drug-likeness (QED) is 0.362. The van der Waals surface area contributed by atoms with Crippen LogP contribution in [0.5, 0.6) is 11.5 Å². The van der Waals surface area contributed by atoms with Gasteiger partial charge in [0.25, 0.3) is 5.91 Å². The van der Waals surface area contributed by atoms with Crippen molar-refractivity contribution >= 4 is 17.9 Å². The first-order chi connectivity index (χ1) is 21.7. The summed E-state index contributed by atoms with van der Waals surface area (Å²) in [5, 5.41) is 18.7. The molecule has 5 rings (SSSR count). The molecule has 2 aliphatic heterocycles. The highest BCUT2D eigenvalue weighted by atomic mass is 16.5. The van der Waals surface area contributed by atoms with E-state index in [4.69, 9.17) is 14.2 Å². The standard InChI is InChI=1S/C32H40N6O7/c1-22(2)18-37(25-16-23(19-36(20-25)32(41)42)30(39)35-12-14-44-15-13-35)31(40)29-28(21-45-27-11-7-10-26(17-27)43-3)38(34-33-29)24-8-5-4-6-9-24/h4-11,17,22-23,25H,12-16,18-21H2,1-3H3,(H,41,42)/t23-,25+/m1/s1. The second kappa shape index (κ2) is 14.4. The lowest BCUT2D eigenvalue weighted by Gasteiger charge is -2.43. The first-order valence-electron chi connectivity index (χ1n) is 15.2. The number of methoxy groups -OCH3 is 1. The molecule has 1 aromatic heterocycles. The molecule has 3 heterocycles. The molecule has 2 aromatic carbocycles. The SMILES string of the molecule is COc1cccc(OCc2c(C(=O)N(CC(C)C)[C@H]3C[C@@H](C(=O)N4CCOCC4)CN(C(=O)O)C3)nnn2-c2ccccc2)c1. The Hall–Kier alpha value is -4.65. The van der Waals surface area contributed by atoms with Gasteiger partial charge in [0.05, 0.1) is 38.0 Å². The van der Waals surface area contributed by atoms with Crippen LogP contribution in [0.3, 0.4) is 0 Å². The van der Waals surface area contributed by atoms with Crippen molar-refractivity contribution in [1.82, 2.24) is 29.7 Å². The molecule has 13 nitrogen and oxygen atoms in total. The van der Waals surface area contributed by atoms with Crippen LogP contribution in [-0.2, 0) is 16.1 Å². The number of carboxylic acid groups (broad SMARTS) is 1. The number of likely N-dealkylation sites (tertiary alicyclic amines) is 1. The molecule has 2 saturated heterocycles. The van der Waals surface area contributed by atoms with Gasteiger partial charge in [0, 0.05) is 38.8 Å². The third kappa shape index (κ3) is 7.54. The zero-order chi connectivity index (χ0) is 31.9. The van der Waals surface area contributed by atoms with E-state index in [1.165, 1.54) is 4.90 Å². The van der Waals surface area contributed by atoms with Crippen molar-refractivity contribution in [3.8, 4) is 17.2 Å².